The highest BCUT2D eigenvalue weighted by Crippen LogP contribution is 2.30. The van der Waals surface area contributed by atoms with Crippen LogP contribution in [-0.4, -0.2) is 49.5 Å². The summed E-state index contributed by atoms with van der Waals surface area (Å²) in [7, 11) is -3.71. The fourth-order valence-corrected chi connectivity index (χ4v) is 6.07. The van der Waals surface area contributed by atoms with Crippen molar-refractivity contribution in [1.82, 2.24) is 4.31 Å². The van der Waals surface area contributed by atoms with Crippen molar-refractivity contribution in [2.24, 2.45) is 0 Å². The summed E-state index contributed by atoms with van der Waals surface area (Å²) in [5, 5.41) is 0. The Morgan fingerprint density at radius 1 is 1.39 bits per heavy atom. The highest BCUT2D eigenvalue weighted by molar-refractivity contribution is 7.99. The maximum atomic E-state index is 13.8. The number of hydrogen-bond acceptors (Lipinski definition) is 4. The third-order valence-electron chi connectivity index (χ3n) is 4.47. The number of thioether (sulfide) groups is 1. The molecule has 3 rings (SSSR count). The Labute approximate surface area is 141 Å². The van der Waals surface area contributed by atoms with Crippen LogP contribution in [0.15, 0.2) is 23.1 Å². The van der Waals surface area contributed by atoms with Gasteiger partial charge in [0.15, 0.2) is 0 Å². The normalized spacial score (nSPS) is 25.3. The zero-order valence-corrected chi connectivity index (χ0v) is 14.8. The van der Waals surface area contributed by atoms with Crippen molar-refractivity contribution in [3.8, 4) is 0 Å². The molecule has 0 saturated carbocycles. The van der Waals surface area contributed by atoms with E-state index in [0.717, 1.165) is 36.8 Å². The fourth-order valence-electron chi connectivity index (χ4n) is 3.05. The minimum atomic E-state index is -3.71. The van der Waals surface area contributed by atoms with Gasteiger partial charge in [0.2, 0.25) is 10.0 Å². The number of rotatable bonds is 5. The van der Waals surface area contributed by atoms with E-state index in [4.69, 9.17) is 4.74 Å². The molecule has 4 nitrogen and oxygen atoms in total. The van der Waals surface area contributed by atoms with Gasteiger partial charge in [0.1, 0.15) is 5.82 Å². The maximum Gasteiger partial charge on any atom is 0.243 e. The number of nitrogens with zero attached hydrogens (tertiary/aromatic N) is 1. The van der Waals surface area contributed by atoms with Crippen molar-refractivity contribution >= 4 is 21.8 Å². The molecular formula is C16H22FNO3S2. The lowest BCUT2D eigenvalue weighted by atomic mass is 10.2. The quantitative estimate of drug-likeness (QED) is 0.811. The molecule has 0 amide bonds. The Morgan fingerprint density at radius 2 is 2.22 bits per heavy atom. The second-order valence-corrected chi connectivity index (χ2v) is 9.18. The Morgan fingerprint density at radius 3 is 2.83 bits per heavy atom. The van der Waals surface area contributed by atoms with E-state index >= 15 is 0 Å². The topological polar surface area (TPSA) is 46.6 Å². The standard InChI is InChI=1S/C16H22FNO3S2/c1-12-4-5-15(9-16(12)17)23(19,20)18(13-6-8-22-11-13)10-14-3-2-7-21-14/h4-5,9,13-14H,2-3,6-8,10-11H2,1H3. The molecule has 128 valence electrons. The second-order valence-electron chi connectivity index (χ2n) is 6.14. The highest BCUT2D eigenvalue weighted by Gasteiger charge is 2.36. The van der Waals surface area contributed by atoms with Crippen LogP contribution in [0.25, 0.3) is 0 Å². The summed E-state index contributed by atoms with van der Waals surface area (Å²) in [4.78, 5) is 0.0375. The lowest BCUT2D eigenvalue weighted by Crippen LogP contribution is -2.44. The van der Waals surface area contributed by atoms with E-state index in [-0.39, 0.29) is 17.0 Å². The van der Waals surface area contributed by atoms with E-state index in [1.165, 1.54) is 12.1 Å². The van der Waals surface area contributed by atoms with Crippen molar-refractivity contribution < 1.29 is 17.5 Å². The van der Waals surface area contributed by atoms with Crippen LogP contribution >= 0.6 is 11.8 Å². The first-order chi connectivity index (χ1) is 11.0. The lowest BCUT2D eigenvalue weighted by molar-refractivity contribution is 0.0877. The van der Waals surface area contributed by atoms with Crippen LogP contribution < -0.4 is 0 Å². The molecule has 0 N–H and O–H groups in total. The molecule has 2 aliphatic heterocycles. The number of hydrogen-bond donors (Lipinski definition) is 0. The van der Waals surface area contributed by atoms with Crippen molar-refractivity contribution in [3.63, 3.8) is 0 Å². The van der Waals surface area contributed by atoms with Gasteiger partial charge < -0.3 is 4.74 Å². The minimum absolute atomic E-state index is 0.0291. The monoisotopic (exact) mass is 359 g/mol. The van der Waals surface area contributed by atoms with Gasteiger partial charge in [0, 0.05) is 24.9 Å². The SMILES string of the molecule is Cc1ccc(S(=O)(=O)N(CC2CCCO2)C2CCSC2)cc1F. The summed E-state index contributed by atoms with van der Waals surface area (Å²) in [6.45, 7) is 2.68. The smallest absolute Gasteiger partial charge is 0.243 e. The van der Waals surface area contributed by atoms with E-state index in [2.05, 4.69) is 0 Å². The van der Waals surface area contributed by atoms with Gasteiger partial charge in [0.25, 0.3) is 0 Å². The highest BCUT2D eigenvalue weighted by atomic mass is 32.2. The first-order valence-electron chi connectivity index (χ1n) is 7.96. The molecule has 2 unspecified atom stereocenters. The molecule has 1 aromatic rings. The molecule has 2 aliphatic rings. The molecular weight excluding hydrogens is 337 g/mol. The molecule has 2 atom stereocenters. The van der Waals surface area contributed by atoms with Crippen LogP contribution in [0.3, 0.4) is 0 Å². The van der Waals surface area contributed by atoms with Gasteiger partial charge in [0.05, 0.1) is 11.0 Å². The van der Waals surface area contributed by atoms with Crippen molar-refractivity contribution in [1.29, 1.82) is 0 Å². The third-order valence-corrected chi connectivity index (χ3v) is 7.53. The van der Waals surface area contributed by atoms with E-state index in [9.17, 15) is 12.8 Å². The van der Waals surface area contributed by atoms with Gasteiger partial charge in [-0.25, -0.2) is 12.8 Å². The van der Waals surface area contributed by atoms with Crippen molar-refractivity contribution in [2.45, 2.75) is 43.2 Å². The summed E-state index contributed by atoms with van der Waals surface area (Å²) in [5.41, 5.74) is 0.450. The van der Waals surface area contributed by atoms with Gasteiger partial charge in [-0.2, -0.15) is 16.1 Å². The summed E-state index contributed by atoms with van der Waals surface area (Å²) >= 11 is 1.76. The van der Waals surface area contributed by atoms with E-state index in [1.54, 1.807) is 23.0 Å². The van der Waals surface area contributed by atoms with E-state index in [1.807, 2.05) is 0 Å². The largest absolute Gasteiger partial charge is 0.377 e. The fraction of sp³-hybridized carbons (Fsp3) is 0.625. The average Bonchev–Trinajstić information content (AvgIpc) is 3.20. The van der Waals surface area contributed by atoms with Gasteiger partial charge in [-0.1, -0.05) is 6.07 Å². The Kier molecular flexibility index (Phi) is 5.30. The van der Waals surface area contributed by atoms with Crippen LogP contribution in [-0.2, 0) is 14.8 Å². The van der Waals surface area contributed by atoms with Gasteiger partial charge in [-0.15, -0.1) is 0 Å². The predicted octanol–water partition coefficient (Wildman–Crippen LogP) is 2.81. The Bertz CT molecular complexity index is 653. The molecule has 0 aliphatic carbocycles. The summed E-state index contributed by atoms with van der Waals surface area (Å²) in [6, 6.07) is 4.13. The Hall–Kier alpha value is -0.630. The molecule has 0 aromatic heterocycles. The van der Waals surface area contributed by atoms with E-state index in [0.29, 0.717) is 18.7 Å². The summed E-state index contributed by atoms with van der Waals surface area (Å²) in [5.74, 6) is 1.27. The molecule has 0 spiro atoms. The number of sulfonamides is 1. The summed E-state index contributed by atoms with van der Waals surface area (Å²) < 4.78 is 47.2. The number of ether oxygens (including phenoxy) is 1. The molecule has 1 aromatic carbocycles. The van der Waals surface area contributed by atoms with Crippen molar-refractivity contribution in [3.05, 3.63) is 29.6 Å². The minimum Gasteiger partial charge on any atom is -0.377 e. The number of halogens is 1. The molecule has 0 bridgehead atoms. The second kappa shape index (κ2) is 7.09. The molecule has 2 fully saturated rings. The van der Waals surface area contributed by atoms with E-state index < -0.39 is 15.8 Å². The number of benzene rings is 1. The van der Waals surface area contributed by atoms with Crippen LogP contribution in [0.4, 0.5) is 4.39 Å². The third kappa shape index (κ3) is 3.73. The van der Waals surface area contributed by atoms with Crippen LogP contribution in [0, 0.1) is 12.7 Å². The van der Waals surface area contributed by atoms with Crippen molar-refractivity contribution in [2.75, 3.05) is 24.7 Å². The molecule has 7 heteroatoms. The zero-order chi connectivity index (χ0) is 16.4. The Balaban J connectivity index is 1.90. The number of aryl methyl sites for hydroxylation is 1. The molecule has 2 saturated heterocycles. The molecule has 2 heterocycles. The predicted molar refractivity (Wildman–Crippen MR) is 89.7 cm³/mol. The van der Waals surface area contributed by atoms with Gasteiger partial charge >= 0.3 is 0 Å². The zero-order valence-electron chi connectivity index (χ0n) is 13.2. The molecule has 23 heavy (non-hydrogen) atoms. The van der Waals surface area contributed by atoms with Gasteiger partial charge in [-0.05, 0) is 49.6 Å². The first kappa shape index (κ1) is 17.2. The van der Waals surface area contributed by atoms with Crippen LogP contribution in [0.5, 0.6) is 0 Å². The first-order valence-corrected chi connectivity index (χ1v) is 10.6. The molecule has 0 radical (unpaired) electrons. The maximum absolute atomic E-state index is 13.8. The van der Waals surface area contributed by atoms with Crippen LogP contribution in [0.1, 0.15) is 24.8 Å². The van der Waals surface area contributed by atoms with Crippen LogP contribution in [0.2, 0.25) is 0 Å². The average molecular weight is 359 g/mol. The van der Waals surface area contributed by atoms with Gasteiger partial charge in [-0.3, -0.25) is 0 Å². The lowest BCUT2D eigenvalue weighted by Gasteiger charge is -2.29. The summed E-state index contributed by atoms with van der Waals surface area (Å²) in [6.07, 6.45) is 2.64.